The number of carbonyl (C=O) groups is 4. The fourth-order valence-corrected chi connectivity index (χ4v) is 4.85. The highest BCUT2D eigenvalue weighted by molar-refractivity contribution is 8.00. The lowest BCUT2D eigenvalue weighted by molar-refractivity contribution is -0.115. The van der Waals surface area contributed by atoms with E-state index in [4.69, 9.17) is 11.6 Å². The highest BCUT2D eigenvalue weighted by Crippen LogP contribution is 2.29. The lowest BCUT2D eigenvalue weighted by Crippen LogP contribution is -2.30. The monoisotopic (exact) mass is 617 g/mol. The number of aromatic carboxylic acids is 1. The van der Waals surface area contributed by atoms with Gasteiger partial charge in [-0.1, -0.05) is 48.0 Å². The summed E-state index contributed by atoms with van der Waals surface area (Å²) in [6, 6.07) is 24.6. The Labute approximate surface area is 256 Å². The molecule has 0 heterocycles. The molecule has 0 bridgehead atoms. The molecular weight excluding hydrogens is 593 g/mol. The number of nitrogens with one attached hydrogen (secondary N) is 3. The zero-order valence-electron chi connectivity index (χ0n) is 22.6. The number of benzene rings is 4. The number of hydrogen-bond donors (Lipinski definition) is 4. The predicted octanol–water partition coefficient (Wildman–Crippen LogP) is 6.71. The molecule has 4 N–H and O–H groups in total. The topological polar surface area (TPSA) is 125 Å². The third-order valence-corrected chi connectivity index (χ3v) is 7.38. The molecule has 4 aromatic rings. The normalized spacial score (nSPS) is 11.7. The molecule has 43 heavy (non-hydrogen) atoms. The summed E-state index contributed by atoms with van der Waals surface area (Å²) in [7, 11) is 0. The zero-order valence-corrected chi connectivity index (χ0v) is 24.2. The third kappa shape index (κ3) is 8.78. The average Bonchev–Trinajstić information content (AvgIpc) is 2.99. The van der Waals surface area contributed by atoms with Crippen LogP contribution in [0.1, 0.15) is 33.2 Å². The Balaban J connectivity index is 1.48. The Morgan fingerprint density at radius 2 is 1.58 bits per heavy atom. The molecular formula is C32H25ClFN3O5S. The minimum absolute atomic E-state index is 0.0174. The van der Waals surface area contributed by atoms with Crippen molar-refractivity contribution in [1.82, 2.24) is 5.32 Å². The largest absolute Gasteiger partial charge is 0.478 e. The first-order chi connectivity index (χ1) is 20.6. The third-order valence-electron chi connectivity index (χ3n) is 5.95. The smallest absolute Gasteiger partial charge is 0.335 e. The number of halogens is 2. The first kappa shape index (κ1) is 31.0. The first-order valence-electron chi connectivity index (χ1n) is 12.8. The Hall–Kier alpha value is -4.93. The van der Waals surface area contributed by atoms with Gasteiger partial charge in [0.15, 0.2) is 0 Å². The molecule has 8 nitrogen and oxygen atoms in total. The molecule has 0 spiro atoms. The van der Waals surface area contributed by atoms with Crippen LogP contribution in [0.4, 0.5) is 15.8 Å². The van der Waals surface area contributed by atoms with Crippen LogP contribution in [0.15, 0.2) is 108 Å². The molecule has 0 aromatic heterocycles. The molecule has 0 saturated heterocycles. The van der Waals surface area contributed by atoms with Gasteiger partial charge in [-0.2, -0.15) is 0 Å². The van der Waals surface area contributed by atoms with Crippen LogP contribution in [-0.2, 0) is 9.59 Å². The number of hydrogen-bond acceptors (Lipinski definition) is 5. The van der Waals surface area contributed by atoms with E-state index < -0.39 is 34.8 Å². The van der Waals surface area contributed by atoms with Gasteiger partial charge in [0.1, 0.15) is 11.5 Å². The van der Waals surface area contributed by atoms with Crippen molar-refractivity contribution in [2.24, 2.45) is 0 Å². The number of rotatable bonds is 10. The van der Waals surface area contributed by atoms with Crippen LogP contribution in [0.2, 0.25) is 5.02 Å². The minimum atomic E-state index is -1.15. The van der Waals surface area contributed by atoms with Crippen molar-refractivity contribution in [3.8, 4) is 0 Å². The van der Waals surface area contributed by atoms with Crippen LogP contribution in [0.25, 0.3) is 6.08 Å². The number of anilines is 2. The summed E-state index contributed by atoms with van der Waals surface area (Å²) in [4.78, 5) is 50.9. The van der Waals surface area contributed by atoms with Crippen molar-refractivity contribution >= 4 is 64.5 Å². The quantitative estimate of drug-likeness (QED) is 0.116. The van der Waals surface area contributed by atoms with Gasteiger partial charge in [0.25, 0.3) is 11.8 Å². The van der Waals surface area contributed by atoms with Crippen LogP contribution in [-0.4, -0.2) is 34.0 Å². The fraction of sp³-hybridized carbons (Fsp3) is 0.0625. The lowest BCUT2D eigenvalue weighted by atomic mass is 10.1. The molecule has 0 aliphatic heterocycles. The van der Waals surface area contributed by atoms with Crippen molar-refractivity contribution in [2.75, 3.05) is 10.6 Å². The fourth-order valence-electron chi connectivity index (χ4n) is 3.76. The Morgan fingerprint density at radius 3 is 2.28 bits per heavy atom. The van der Waals surface area contributed by atoms with Gasteiger partial charge in [-0.25, -0.2) is 9.18 Å². The molecule has 3 amide bonds. The summed E-state index contributed by atoms with van der Waals surface area (Å²) in [5, 5.41) is 16.8. The van der Waals surface area contributed by atoms with Gasteiger partial charge in [0.2, 0.25) is 5.91 Å². The van der Waals surface area contributed by atoms with E-state index in [9.17, 15) is 28.7 Å². The van der Waals surface area contributed by atoms with Gasteiger partial charge in [-0.15, -0.1) is 11.8 Å². The van der Waals surface area contributed by atoms with E-state index in [1.54, 1.807) is 61.5 Å². The average molecular weight is 618 g/mol. The zero-order chi connectivity index (χ0) is 30.9. The SMILES string of the molecule is CC(Sc1cccc(NC(=O)/C(=C/c2ccc(F)cc2)NC(=O)c2ccccc2)c1)C(=O)Nc1cc(C(=O)O)ccc1Cl. The maximum Gasteiger partial charge on any atom is 0.335 e. The molecule has 4 aromatic carbocycles. The molecule has 218 valence electrons. The molecule has 0 fully saturated rings. The predicted molar refractivity (Wildman–Crippen MR) is 166 cm³/mol. The molecule has 4 rings (SSSR count). The lowest BCUT2D eigenvalue weighted by Gasteiger charge is -2.15. The van der Waals surface area contributed by atoms with E-state index in [1.165, 1.54) is 60.3 Å². The standard InChI is InChI=1S/C32H25ClFN3O5S/c1-19(29(38)36-27-17-22(32(41)42)12-15-26(27)33)43-25-9-5-8-24(18-25)35-31(40)28(16-20-10-13-23(34)14-11-20)37-30(39)21-6-3-2-4-7-21/h2-19H,1H3,(H,35,40)(H,36,38)(H,37,39)(H,41,42)/b28-16-. The van der Waals surface area contributed by atoms with Crippen molar-refractivity contribution in [2.45, 2.75) is 17.1 Å². The number of carboxylic acids is 1. The minimum Gasteiger partial charge on any atom is -0.478 e. The van der Waals surface area contributed by atoms with Crippen molar-refractivity contribution < 1.29 is 28.7 Å². The van der Waals surface area contributed by atoms with Crippen molar-refractivity contribution in [3.05, 3.63) is 130 Å². The van der Waals surface area contributed by atoms with E-state index in [-0.39, 0.29) is 22.0 Å². The van der Waals surface area contributed by atoms with Crippen molar-refractivity contribution in [1.29, 1.82) is 0 Å². The van der Waals surface area contributed by atoms with E-state index in [1.807, 2.05) is 0 Å². The van der Waals surface area contributed by atoms with Gasteiger partial charge in [0, 0.05) is 16.1 Å². The van der Waals surface area contributed by atoms with E-state index in [2.05, 4.69) is 16.0 Å². The molecule has 0 aliphatic rings. The van der Waals surface area contributed by atoms with Gasteiger partial charge in [-0.05, 0) is 79.2 Å². The second-order valence-corrected chi connectivity index (χ2v) is 11.0. The highest BCUT2D eigenvalue weighted by atomic mass is 35.5. The van der Waals surface area contributed by atoms with Gasteiger partial charge in [-0.3, -0.25) is 14.4 Å². The van der Waals surface area contributed by atoms with Crippen LogP contribution < -0.4 is 16.0 Å². The molecule has 1 unspecified atom stereocenters. The second-order valence-electron chi connectivity index (χ2n) is 9.16. The summed E-state index contributed by atoms with van der Waals surface area (Å²) in [5.41, 5.74) is 1.35. The van der Waals surface area contributed by atoms with E-state index >= 15 is 0 Å². The summed E-state index contributed by atoms with van der Waals surface area (Å²) in [5.74, 6) is -3.11. The Bertz CT molecular complexity index is 1700. The summed E-state index contributed by atoms with van der Waals surface area (Å²) >= 11 is 7.33. The number of carboxylic acid groups (broad SMARTS) is 1. The Kier molecular flexibility index (Phi) is 10.3. The van der Waals surface area contributed by atoms with E-state index in [0.29, 0.717) is 21.7 Å². The molecule has 0 aliphatic carbocycles. The summed E-state index contributed by atoms with van der Waals surface area (Å²) in [6.07, 6.45) is 1.44. The molecule has 11 heteroatoms. The van der Waals surface area contributed by atoms with Crippen LogP contribution in [0.5, 0.6) is 0 Å². The Morgan fingerprint density at radius 1 is 0.860 bits per heavy atom. The van der Waals surface area contributed by atoms with Gasteiger partial charge in [0.05, 0.1) is 21.5 Å². The second kappa shape index (κ2) is 14.3. The first-order valence-corrected chi connectivity index (χ1v) is 14.1. The van der Waals surface area contributed by atoms with Crippen molar-refractivity contribution in [3.63, 3.8) is 0 Å². The van der Waals surface area contributed by atoms with E-state index in [0.717, 1.165) is 0 Å². The molecule has 0 radical (unpaired) electrons. The number of amides is 3. The van der Waals surface area contributed by atoms with Crippen LogP contribution in [0.3, 0.4) is 0 Å². The summed E-state index contributed by atoms with van der Waals surface area (Å²) < 4.78 is 13.4. The number of carbonyl (C=O) groups excluding carboxylic acids is 3. The maximum absolute atomic E-state index is 13.4. The highest BCUT2D eigenvalue weighted by Gasteiger charge is 2.19. The molecule has 1 atom stereocenters. The van der Waals surface area contributed by atoms with Gasteiger partial charge < -0.3 is 21.1 Å². The number of thioether (sulfide) groups is 1. The maximum atomic E-state index is 13.4. The molecule has 0 saturated carbocycles. The van der Waals surface area contributed by atoms with Crippen LogP contribution in [0, 0.1) is 5.82 Å². The summed E-state index contributed by atoms with van der Waals surface area (Å²) in [6.45, 7) is 1.67. The van der Waals surface area contributed by atoms with Gasteiger partial charge >= 0.3 is 5.97 Å². The van der Waals surface area contributed by atoms with Crippen LogP contribution >= 0.6 is 23.4 Å².